The Labute approximate surface area is 198 Å². The van der Waals surface area contributed by atoms with Crippen LogP contribution in [0, 0.1) is 0 Å². The van der Waals surface area contributed by atoms with Crippen LogP contribution >= 0.6 is 0 Å². The van der Waals surface area contributed by atoms with Gasteiger partial charge in [0.2, 0.25) is 10.0 Å². The molecule has 1 aromatic rings. The summed E-state index contributed by atoms with van der Waals surface area (Å²) in [5.74, 6) is -0.192. The molecule has 184 valence electrons. The number of nitrogens with one attached hydrogen (secondary N) is 1. The molecule has 1 amide bonds. The number of amides is 1. The maximum atomic E-state index is 13.5. The van der Waals surface area contributed by atoms with Crippen LogP contribution in [-0.4, -0.2) is 89.1 Å². The van der Waals surface area contributed by atoms with Gasteiger partial charge < -0.3 is 19.9 Å². The van der Waals surface area contributed by atoms with Gasteiger partial charge in [0.15, 0.2) is 0 Å². The number of benzene rings is 1. The van der Waals surface area contributed by atoms with Crippen molar-refractivity contribution in [3.63, 3.8) is 0 Å². The number of carbonyl (C=O) groups excluding carboxylic acids is 1. The molecular formula is C24H38N4O4S. The van der Waals surface area contributed by atoms with E-state index in [2.05, 4.69) is 29.2 Å². The molecule has 0 spiro atoms. The van der Waals surface area contributed by atoms with Gasteiger partial charge in [0, 0.05) is 44.0 Å². The highest BCUT2D eigenvalue weighted by molar-refractivity contribution is 7.89. The minimum absolute atomic E-state index is 0.0425. The maximum absolute atomic E-state index is 13.5. The van der Waals surface area contributed by atoms with Gasteiger partial charge in [-0.2, -0.15) is 4.31 Å². The SMILES string of the molecule is CN(C)C1(CNC(=O)c2cc(S(=O)(=O)N3CCOCC3)ccc2N2CCCC2)CCCCC1. The van der Waals surface area contributed by atoms with Crippen LogP contribution in [-0.2, 0) is 14.8 Å². The predicted molar refractivity (Wildman–Crippen MR) is 129 cm³/mol. The molecule has 33 heavy (non-hydrogen) atoms. The quantitative estimate of drug-likeness (QED) is 0.648. The molecular weight excluding hydrogens is 440 g/mol. The van der Waals surface area contributed by atoms with Gasteiger partial charge in [0.1, 0.15) is 0 Å². The second kappa shape index (κ2) is 10.3. The van der Waals surface area contributed by atoms with Gasteiger partial charge in [-0.05, 0) is 58.0 Å². The van der Waals surface area contributed by atoms with Gasteiger partial charge in [0.05, 0.1) is 23.7 Å². The summed E-state index contributed by atoms with van der Waals surface area (Å²) < 4.78 is 33.3. The molecule has 0 aromatic heterocycles. The lowest BCUT2D eigenvalue weighted by Crippen LogP contribution is -2.53. The molecule has 1 aromatic carbocycles. The molecule has 4 rings (SSSR count). The molecule has 8 nitrogen and oxygen atoms in total. The van der Waals surface area contributed by atoms with E-state index in [1.165, 1.54) is 23.6 Å². The summed E-state index contributed by atoms with van der Waals surface area (Å²) in [5, 5.41) is 3.18. The van der Waals surface area contributed by atoms with E-state index in [0.29, 0.717) is 38.4 Å². The van der Waals surface area contributed by atoms with Crippen molar-refractivity contribution in [2.24, 2.45) is 0 Å². The fourth-order valence-electron chi connectivity index (χ4n) is 5.36. The maximum Gasteiger partial charge on any atom is 0.253 e. The van der Waals surface area contributed by atoms with Crippen molar-refractivity contribution < 1.29 is 17.9 Å². The minimum Gasteiger partial charge on any atom is -0.379 e. The summed E-state index contributed by atoms with van der Waals surface area (Å²) in [5.41, 5.74) is 1.24. The molecule has 0 bridgehead atoms. The average molecular weight is 479 g/mol. The normalized spacial score (nSPS) is 22.0. The van der Waals surface area contributed by atoms with Gasteiger partial charge in [0.25, 0.3) is 5.91 Å². The van der Waals surface area contributed by atoms with Crippen LogP contribution in [0.5, 0.6) is 0 Å². The summed E-state index contributed by atoms with van der Waals surface area (Å²) >= 11 is 0. The monoisotopic (exact) mass is 478 g/mol. The number of nitrogens with zero attached hydrogens (tertiary/aromatic N) is 3. The zero-order valence-electron chi connectivity index (χ0n) is 20.0. The van der Waals surface area contributed by atoms with Gasteiger partial charge in [-0.25, -0.2) is 8.42 Å². The van der Waals surface area contributed by atoms with Crippen molar-refractivity contribution >= 4 is 21.6 Å². The molecule has 9 heteroatoms. The molecule has 1 aliphatic carbocycles. The van der Waals surface area contributed by atoms with Crippen LogP contribution < -0.4 is 10.2 Å². The average Bonchev–Trinajstić information content (AvgIpc) is 3.38. The molecule has 3 fully saturated rings. The Morgan fingerprint density at radius 2 is 1.70 bits per heavy atom. The number of hydrogen-bond donors (Lipinski definition) is 1. The Morgan fingerprint density at radius 1 is 1.03 bits per heavy atom. The van der Waals surface area contributed by atoms with E-state index < -0.39 is 10.0 Å². The standard InChI is InChI=1S/C24H38N4O4S/c1-26(2)24(10-4-3-5-11-24)19-25-23(29)21-18-20(8-9-22(21)27-12-6-7-13-27)33(30,31)28-14-16-32-17-15-28/h8-9,18H,3-7,10-17,19H2,1-2H3,(H,25,29). The van der Waals surface area contributed by atoms with Gasteiger partial charge >= 0.3 is 0 Å². The van der Waals surface area contributed by atoms with Crippen LogP contribution in [0.4, 0.5) is 5.69 Å². The summed E-state index contributed by atoms with van der Waals surface area (Å²) in [4.78, 5) is 18.1. The third kappa shape index (κ3) is 5.21. The van der Waals surface area contributed by atoms with Gasteiger partial charge in [-0.1, -0.05) is 19.3 Å². The first kappa shape index (κ1) is 24.4. The number of ether oxygens (including phenoxy) is 1. The van der Waals surface area contributed by atoms with Crippen molar-refractivity contribution in [1.82, 2.24) is 14.5 Å². The van der Waals surface area contributed by atoms with Crippen molar-refractivity contribution in [1.29, 1.82) is 0 Å². The van der Waals surface area contributed by atoms with E-state index in [-0.39, 0.29) is 16.3 Å². The lowest BCUT2D eigenvalue weighted by molar-refractivity contribution is 0.0730. The van der Waals surface area contributed by atoms with E-state index >= 15 is 0 Å². The molecule has 1 N–H and O–H groups in total. The zero-order valence-corrected chi connectivity index (χ0v) is 20.8. The third-order valence-electron chi connectivity index (χ3n) is 7.58. The first-order chi connectivity index (χ1) is 15.8. The lowest BCUT2D eigenvalue weighted by Gasteiger charge is -2.43. The Kier molecular flexibility index (Phi) is 7.63. The van der Waals surface area contributed by atoms with Crippen molar-refractivity contribution in [2.75, 3.05) is 64.9 Å². The fourth-order valence-corrected chi connectivity index (χ4v) is 6.79. The highest BCUT2D eigenvalue weighted by Crippen LogP contribution is 2.33. The zero-order chi connectivity index (χ0) is 23.5. The fraction of sp³-hybridized carbons (Fsp3) is 0.708. The number of sulfonamides is 1. The van der Waals surface area contributed by atoms with E-state index in [0.717, 1.165) is 44.5 Å². The predicted octanol–water partition coefficient (Wildman–Crippen LogP) is 2.30. The highest BCUT2D eigenvalue weighted by Gasteiger charge is 2.35. The van der Waals surface area contributed by atoms with Gasteiger partial charge in [-0.3, -0.25) is 4.79 Å². The van der Waals surface area contributed by atoms with E-state index in [1.807, 2.05) is 6.07 Å². The molecule has 0 atom stereocenters. The third-order valence-corrected chi connectivity index (χ3v) is 9.47. The molecule has 0 unspecified atom stereocenters. The van der Waals surface area contributed by atoms with E-state index in [1.54, 1.807) is 12.1 Å². The van der Waals surface area contributed by atoms with Crippen LogP contribution in [0.3, 0.4) is 0 Å². The molecule has 0 radical (unpaired) electrons. The number of rotatable bonds is 7. The first-order valence-corrected chi connectivity index (χ1v) is 13.7. The molecule has 2 saturated heterocycles. The number of hydrogen-bond acceptors (Lipinski definition) is 6. The lowest BCUT2D eigenvalue weighted by atomic mass is 9.80. The highest BCUT2D eigenvalue weighted by atomic mass is 32.2. The molecule has 3 aliphatic rings. The Hall–Kier alpha value is -1.68. The smallest absolute Gasteiger partial charge is 0.253 e. The summed E-state index contributed by atoms with van der Waals surface area (Å²) in [7, 11) is 0.499. The Morgan fingerprint density at radius 3 is 2.33 bits per heavy atom. The van der Waals surface area contributed by atoms with Crippen LogP contribution in [0.2, 0.25) is 0 Å². The Bertz CT molecular complexity index is 932. The summed E-state index contributed by atoms with van der Waals surface area (Å²) in [6.07, 6.45) is 7.86. The van der Waals surface area contributed by atoms with Crippen molar-refractivity contribution in [3.05, 3.63) is 23.8 Å². The largest absolute Gasteiger partial charge is 0.379 e. The second-order valence-electron chi connectivity index (χ2n) is 9.75. The topological polar surface area (TPSA) is 82.2 Å². The number of morpholine rings is 1. The van der Waals surface area contributed by atoms with Crippen molar-refractivity contribution in [3.8, 4) is 0 Å². The second-order valence-corrected chi connectivity index (χ2v) is 11.7. The number of carbonyl (C=O) groups is 1. The van der Waals surface area contributed by atoms with E-state index in [9.17, 15) is 13.2 Å². The van der Waals surface area contributed by atoms with Crippen LogP contribution in [0.25, 0.3) is 0 Å². The van der Waals surface area contributed by atoms with Crippen molar-refractivity contribution in [2.45, 2.75) is 55.4 Å². The number of anilines is 1. The number of likely N-dealkylation sites (N-methyl/N-ethyl adjacent to an activating group) is 1. The summed E-state index contributed by atoms with van der Waals surface area (Å²) in [6, 6.07) is 5.05. The Balaban J connectivity index is 1.61. The molecule has 2 heterocycles. The summed E-state index contributed by atoms with van der Waals surface area (Å²) in [6.45, 7) is 3.80. The van der Waals surface area contributed by atoms with Crippen LogP contribution in [0.1, 0.15) is 55.3 Å². The van der Waals surface area contributed by atoms with E-state index in [4.69, 9.17) is 4.74 Å². The van der Waals surface area contributed by atoms with Crippen LogP contribution in [0.15, 0.2) is 23.1 Å². The molecule has 1 saturated carbocycles. The van der Waals surface area contributed by atoms with Gasteiger partial charge in [-0.15, -0.1) is 0 Å². The molecule has 2 aliphatic heterocycles. The minimum atomic E-state index is -3.67. The first-order valence-electron chi connectivity index (χ1n) is 12.3.